The highest BCUT2D eigenvalue weighted by Gasteiger charge is 2.40. The molecule has 39 heavy (non-hydrogen) atoms. The minimum absolute atomic E-state index is 0.0341. The summed E-state index contributed by atoms with van der Waals surface area (Å²) in [4.78, 5) is 15.5. The molecule has 0 fully saturated rings. The van der Waals surface area contributed by atoms with Crippen LogP contribution in [-0.2, 0) is 25.8 Å². The van der Waals surface area contributed by atoms with Gasteiger partial charge >= 0.3 is 6.18 Å². The van der Waals surface area contributed by atoms with E-state index in [1.165, 1.54) is 36.4 Å². The van der Waals surface area contributed by atoms with E-state index in [0.717, 1.165) is 11.1 Å². The summed E-state index contributed by atoms with van der Waals surface area (Å²) in [5, 5.41) is 11.1. The third kappa shape index (κ3) is 5.85. The van der Waals surface area contributed by atoms with Gasteiger partial charge in [0.05, 0.1) is 16.5 Å². The van der Waals surface area contributed by atoms with Crippen molar-refractivity contribution in [2.24, 2.45) is 0 Å². The van der Waals surface area contributed by atoms with Gasteiger partial charge in [-0.2, -0.15) is 13.2 Å². The summed E-state index contributed by atoms with van der Waals surface area (Å²) in [5.74, 6) is -1.68. The van der Waals surface area contributed by atoms with E-state index in [1.807, 2.05) is 65.6 Å². The second-order valence-electron chi connectivity index (χ2n) is 9.20. The molecule has 5 aromatic rings. The molecule has 0 atom stereocenters. The molecule has 0 spiro atoms. The van der Waals surface area contributed by atoms with Crippen LogP contribution in [0.25, 0.3) is 22.1 Å². The largest absolute Gasteiger partial charge is 0.507 e. The zero-order valence-electron chi connectivity index (χ0n) is 20.6. The number of hydrogen-bond donors (Lipinski definition) is 1. The number of halogens is 4. The summed E-state index contributed by atoms with van der Waals surface area (Å²) in [6.07, 6.45) is -4.96. The van der Waals surface area contributed by atoms with Crippen LogP contribution in [0.5, 0.6) is 5.75 Å². The van der Waals surface area contributed by atoms with Crippen LogP contribution in [-0.4, -0.2) is 10.0 Å². The molecule has 0 bridgehead atoms. The fraction of sp³-hybridized carbons (Fsp3) is 0.129. The molecule has 0 aliphatic carbocycles. The number of fused-ring (bicyclic) bond motifs is 1. The Morgan fingerprint density at radius 1 is 0.769 bits per heavy atom. The Kier molecular flexibility index (Phi) is 7.46. The highest BCUT2D eigenvalue weighted by atomic mass is 35.5. The second kappa shape index (κ2) is 11.0. The Hall–Kier alpha value is -4.07. The molecule has 1 N–H and O–H groups in total. The number of aromatic hydroxyl groups is 1. The van der Waals surface area contributed by atoms with Crippen LogP contribution in [0.4, 0.5) is 13.2 Å². The number of hydrogen-bond acceptors (Lipinski definition) is 4. The van der Waals surface area contributed by atoms with E-state index in [0.29, 0.717) is 18.1 Å². The molecule has 8 heteroatoms. The quantitative estimate of drug-likeness (QED) is 0.223. The average Bonchev–Trinajstić information content (AvgIpc) is 2.91. The Bertz CT molecular complexity index is 1610. The maximum absolute atomic E-state index is 14.3. The van der Waals surface area contributed by atoms with Gasteiger partial charge in [0.2, 0.25) is 11.2 Å². The van der Waals surface area contributed by atoms with Crippen LogP contribution >= 0.6 is 11.6 Å². The highest BCUT2D eigenvalue weighted by Crippen LogP contribution is 2.39. The lowest BCUT2D eigenvalue weighted by Crippen LogP contribution is -2.23. The lowest BCUT2D eigenvalue weighted by molar-refractivity contribution is -0.152. The normalized spacial score (nSPS) is 11.8. The first-order valence-electron chi connectivity index (χ1n) is 12.2. The zero-order valence-corrected chi connectivity index (χ0v) is 21.3. The maximum Gasteiger partial charge on any atom is 0.450 e. The zero-order chi connectivity index (χ0) is 27.6. The molecule has 0 saturated carbocycles. The Morgan fingerprint density at radius 2 is 1.33 bits per heavy atom. The van der Waals surface area contributed by atoms with Crippen LogP contribution in [0, 0.1) is 0 Å². The summed E-state index contributed by atoms with van der Waals surface area (Å²) in [5.41, 5.74) is 0.359. The molecule has 198 valence electrons. The highest BCUT2D eigenvalue weighted by molar-refractivity contribution is 6.30. The van der Waals surface area contributed by atoms with Gasteiger partial charge in [0.15, 0.2) is 0 Å². The van der Waals surface area contributed by atoms with Gasteiger partial charge in [0.1, 0.15) is 11.3 Å². The summed E-state index contributed by atoms with van der Waals surface area (Å²) >= 11 is 5.91. The molecule has 5 rings (SSSR count). The van der Waals surface area contributed by atoms with Crippen molar-refractivity contribution in [1.29, 1.82) is 0 Å². The van der Waals surface area contributed by atoms with Gasteiger partial charge in [-0.3, -0.25) is 9.69 Å². The van der Waals surface area contributed by atoms with E-state index in [9.17, 15) is 23.1 Å². The van der Waals surface area contributed by atoms with Gasteiger partial charge in [-0.1, -0.05) is 84.4 Å². The first-order valence-corrected chi connectivity index (χ1v) is 12.5. The van der Waals surface area contributed by atoms with Gasteiger partial charge < -0.3 is 9.52 Å². The first kappa shape index (κ1) is 26.5. The number of phenols is 1. The van der Waals surface area contributed by atoms with E-state index >= 15 is 0 Å². The monoisotopic (exact) mass is 549 g/mol. The van der Waals surface area contributed by atoms with Gasteiger partial charge in [-0.15, -0.1) is 0 Å². The Morgan fingerprint density at radius 3 is 1.87 bits per heavy atom. The maximum atomic E-state index is 14.3. The Balaban J connectivity index is 1.66. The van der Waals surface area contributed by atoms with Crippen LogP contribution in [0.15, 0.2) is 106 Å². The van der Waals surface area contributed by atoms with Crippen molar-refractivity contribution in [2.75, 3.05) is 0 Å². The van der Waals surface area contributed by atoms with Crippen LogP contribution in [0.3, 0.4) is 0 Å². The standard InChI is InChI=1S/C31H23ClF3NO3/c32-23-13-11-22(12-14-23)27-28(38)24-15-16-26(37)25(29(24)39-30(27)31(33,34)35)19-36(17-20-7-3-1-4-8-20)18-21-9-5-2-6-10-21/h1-16,37H,17-19H2. The van der Waals surface area contributed by atoms with E-state index in [2.05, 4.69) is 0 Å². The molecule has 4 aromatic carbocycles. The van der Waals surface area contributed by atoms with Crippen molar-refractivity contribution in [3.05, 3.63) is 135 Å². The van der Waals surface area contributed by atoms with Crippen molar-refractivity contribution in [3.8, 4) is 16.9 Å². The molecule has 0 aliphatic rings. The number of nitrogens with zero attached hydrogens (tertiary/aromatic N) is 1. The van der Waals surface area contributed by atoms with Gasteiger partial charge in [-0.05, 0) is 41.0 Å². The van der Waals surface area contributed by atoms with Crippen LogP contribution in [0.2, 0.25) is 5.02 Å². The number of benzene rings is 4. The lowest BCUT2D eigenvalue weighted by Gasteiger charge is -2.24. The van der Waals surface area contributed by atoms with E-state index in [-0.39, 0.29) is 34.4 Å². The predicted molar refractivity (Wildman–Crippen MR) is 145 cm³/mol. The summed E-state index contributed by atoms with van der Waals surface area (Å²) < 4.78 is 48.3. The number of phenolic OH excluding ortho intramolecular Hbond substituents is 1. The summed E-state index contributed by atoms with van der Waals surface area (Å²) in [6.45, 7) is 0.934. The van der Waals surface area contributed by atoms with Crippen molar-refractivity contribution >= 4 is 22.6 Å². The molecule has 0 aliphatic heterocycles. The molecule has 0 saturated heterocycles. The average molecular weight is 550 g/mol. The predicted octanol–water partition coefficient (Wildman–Crippen LogP) is 8.04. The molecule has 4 nitrogen and oxygen atoms in total. The third-order valence-electron chi connectivity index (χ3n) is 6.41. The fourth-order valence-electron chi connectivity index (χ4n) is 4.61. The lowest BCUT2D eigenvalue weighted by atomic mass is 10.00. The van der Waals surface area contributed by atoms with Crippen molar-refractivity contribution in [1.82, 2.24) is 4.90 Å². The fourth-order valence-corrected chi connectivity index (χ4v) is 4.74. The minimum atomic E-state index is -4.96. The van der Waals surface area contributed by atoms with Gasteiger partial charge in [0, 0.05) is 24.7 Å². The second-order valence-corrected chi connectivity index (χ2v) is 9.63. The minimum Gasteiger partial charge on any atom is -0.507 e. The van der Waals surface area contributed by atoms with Crippen LogP contribution in [0.1, 0.15) is 22.5 Å². The molecule has 0 amide bonds. The van der Waals surface area contributed by atoms with Crippen molar-refractivity contribution < 1.29 is 22.7 Å². The van der Waals surface area contributed by atoms with Gasteiger partial charge in [0.25, 0.3) is 0 Å². The number of rotatable bonds is 7. The molecule has 1 heterocycles. The van der Waals surface area contributed by atoms with Crippen molar-refractivity contribution in [2.45, 2.75) is 25.8 Å². The topological polar surface area (TPSA) is 53.7 Å². The molecule has 0 unspecified atom stereocenters. The van der Waals surface area contributed by atoms with Crippen LogP contribution < -0.4 is 5.43 Å². The molecular formula is C31H23ClF3NO3. The van der Waals surface area contributed by atoms with E-state index < -0.39 is 22.9 Å². The summed E-state index contributed by atoms with van der Waals surface area (Å²) in [7, 11) is 0. The molecule has 0 radical (unpaired) electrons. The molecular weight excluding hydrogens is 527 g/mol. The van der Waals surface area contributed by atoms with Crippen molar-refractivity contribution in [3.63, 3.8) is 0 Å². The van der Waals surface area contributed by atoms with E-state index in [1.54, 1.807) is 0 Å². The summed E-state index contributed by atoms with van der Waals surface area (Å²) in [6, 6.07) is 27.3. The molecule has 1 aromatic heterocycles. The first-order chi connectivity index (χ1) is 18.7. The van der Waals surface area contributed by atoms with Gasteiger partial charge in [-0.25, -0.2) is 0 Å². The smallest absolute Gasteiger partial charge is 0.450 e. The number of alkyl halides is 3. The van der Waals surface area contributed by atoms with E-state index in [4.69, 9.17) is 16.0 Å². The Labute approximate surface area is 227 Å². The SMILES string of the molecule is O=c1c(-c2ccc(Cl)cc2)c(C(F)(F)F)oc2c(CN(Cc3ccccc3)Cc3ccccc3)c(O)ccc12. The third-order valence-corrected chi connectivity index (χ3v) is 6.66.